The van der Waals surface area contributed by atoms with Gasteiger partial charge in [-0.05, 0) is 63.1 Å². The first kappa shape index (κ1) is 37.9. The van der Waals surface area contributed by atoms with E-state index in [-0.39, 0.29) is 50.5 Å². The van der Waals surface area contributed by atoms with Gasteiger partial charge in [0.25, 0.3) is 0 Å². The molecule has 0 aliphatic carbocycles. The number of allylic oxidation sites excluding steroid dienone is 1. The number of benzene rings is 2. The number of hydrogen-bond donors (Lipinski definition) is 1. The zero-order valence-corrected chi connectivity index (χ0v) is 30.6. The highest BCUT2D eigenvalue weighted by molar-refractivity contribution is 5.98. The largest absolute Gasteiger partial charge is 0.455 e. The number of likely N-dealkylation sites (N-methyl/N-ethyl adjacent to an activating group) is 1. The van der Waals surface area contributed by atoms with Crippen molar-refractivity contribution in [2.45, 2.75) is 88.4 Å². The molecule has 13 nitrogen and oxygen atoms in total. The summed E-state index contributed by atoms with van der Waals surface area (Å²) >= 11 is 0. The Kier molecular flexibility index (Phi) is 11.7. The van der Waals surface area contributed by atoms with Gasteiger partial charge in [-0.25, -0.2) is 4.68 Å². The van der Waals surface area contributed by atoms with E-state index in [0.717, 1.165) is 5.52 Å². The average molecular weight is 727 g/mol. The van der Waals surface area contributed by atoms with Gasteiger partial charge < -0.3 is 29.3 Å². The third-order valence-corrected chi connectivity index (χ3v) is 11.1. The predicted octanol–water partition coefficient (Wildman–Crippen LogP) is 4.04. The molecule has 1 spiro atoms. The number of aliphatic hydroxyl groups is 1. The van der Waals surface area contributed by atoms with Crippen molar-refractivity contribution < 1.29 is 33.8 Å². The molecule has 282 valence electrons. The summed E-state index contributed by atoms with van der Waals surface area (Å²) in [6.45, 7) is 9.99. The van der Waals surface area contributed by atoms with E-state index in [1.165, 1.54) is 0 Å². The van der Waals surface area contributed by atoms with Crippen LogP contribution in [0.1, 0.15) is 63.5 Å². The lowest BCUT2D eigenvalue weighted by Gasteiger charge is -2.37. The van der Waals surface area contributed by atoms with E-state index in [2.05, 4.69) is 23.5 Å². The van der Waals surface area contributed by atoms with Crippen LogP contribution in [0.5, 0.6) is 0 Å². The first-order valence-electron chi connectivity index (χ1n) is 18.6. The van der Waals surface area contributed by atoms with Crippen molar-refractivity contribution in [3.8, 4) is 0 Å². The van der Waals surface area contributed by atoms with E-state index in [1.54, 1.807) is 38.6 Å². The van der Waals surface area contributed by atoms with Gasteiger partial charge in [-0.2, -0.15) is 0 Å². The molecule has 3 saturated heterocycles. The lowest BCUT2D eigenvalue weighted by molar-refractivity contribution is -0.164. The topological polar surface area (TPSA) is 147 Å². The van der Waals surface area contributed by atoms with E-state index < -0.39 is 47.7 Å². The number of carbonyl (C=O) groups excluding carboxylic acids is 4. The summed E-state index contributed by atoms with van der Waals surface area (Å²) in [7, 11) is 1.69. The summed E-state index contributed by atoms with van der Waals surface area (Å²) in [4.78, 5) is 61.8. The number of fused-ring (bicyclic) bond motifs is 2. The maximum atomic E-state index is 14.9. The molecule has 1 N–H and O–H groups in total. The number of amides is 3. The number of likely N-dealkylation sites (tertiary alicyclic amines) is 1. The van der Waals surface area contributed by atoms with E-state index in [1.807, 2.05) is 61.5 Å². The van der Waals surface area contributed by atoms with Gasteiger partial charge >= 0.3 is 5.97 Å². The maximum Gasteiger partial charge on any atom is 0.313 e. The van der Waals surface area contributed by atoms with Crippen LogP contribution in [0.25, 0.3) is 11.0 Å². The number of ether oxygens (including phenoxy) is 2. The molecule has 3 fully saturated rings. The Morgan fingerprint density at radius 3 is 2.58 bits per heavy atom. The lowest BCUT2D eigenvalue weighted by atomic mass is 9.70. The standard InChI is InChI=1S/C40H50N6O7/c1-5-7-20-32(48)43(4)27(3)35(28-16-10-8-11-17-28)52-39(51)33-31-21-22-40(53-31)34(33)37(49)45(24-14-9-15-25-47)36(40)38(50)44(23-6-2)26-46-30-19-13-12-18-29(30)41-42-46/h5-6,8,10-13,16-19,27,31,33-36,47H,1-2,7,9,14-15,20-26H2,3-4H3/t27-,31-,33+,34+,35+,36-,40+/m1/s1. The number of aromatic nitrogens is 3. The Morgan fingerprint density at radius 1 is 1.09 bits per heavy atom. The number of hydrogen-bond acceptors (Lipinski definition) is 9. The molecule has 3 aromatic rings. The van der Waals surface area contributed by atoms with Crippen molar-refractivity contribution in [3.63, 3.8) is 0 Å². The number of nitrogens with zero attached hydrogens (tertiary/aromatic N) is 6. The number of rotatable bonds is 18. The van der Waals surface area contributed by atoms with Gasteiger partial charge in [0.05, 0.1) is 29.5 Å². The molecule has 53 heavy (non-hydrogen) atoms. The fraction of sp³-hybridized carbons (Fsp3) is 0.500. The van der Waals surface area contributed by atoms with E-state index >= 15 is 0 Å². The van der Waals surface area contributed by atoms with Gasteiger partial charge in [0.15, 0.2) is 0 Å². The van der Waals surface area contributed by atoms with Gasteiger partial charge in [-0.15, -0.1) is 18.3 Å². The molecule has 4 heterocycles. The van der Waals surface area contributed by atoms with Crippen molar-refractivity contribution in [1.82, 2.24) is 29.7 Å². The summed E-state index contributed by atoms with van der Waals surface area (Å²) in [5.74, 6) is -3.22. The number of para-hydroxylation sites is 1. The van der Waals surface area contributed by atoms with E-state index in [0.29, 0.717) is 49.6 Å². The van der Waals surface area contributed by atoms with Crippen LogP contribution in [0.4, 0.5) is 0 Å². The Bertz CT molecular complexity index is 1810. The van der Waals surface area contributed by atoms with Crippen molar-refractivity contribution >= 4 is 34.7 Å². The van der Waals surface area contributed by atoms with Crippen molar-refractivity contribution in [2.75, 3.05) is 26.7 Å². The average Bonchev–Trinajstić information content (AvgIpc) is 3.93. The monoisotopic (exact) mass is 726 g/mol. The highest BCUT2D eigenvalue weighted by atomic mass is 16.6. The second kappa shape index (κ2) is 16.4. The highest BCUT2D eigenvalue weighted by Crippen LogP contribution is 2.59. The summed E-state index contributed by atoms with van der Waals surface area (Å²) in [5, 5.41) is 18.0. The fourth-order valence-corrected chi connectivity index (χ4v) is 8.36. The Balaban J connectivity index is 1.31. The van der Waals surface area contributed by atoms with Crippen LogP contribution in [-0.2, 0) is 35.3 Å². The van der Waals surface area contributed by atoms with E-state index in [4.69, 9.17) is 9.47 Å². The molecule has 6 rings (SSSR count). The number of aliphatic hydroxyl groups excluding tert-OH is 1. The van der Waals surface area contributed by atoms with Crippen LogP contribution in [0.15, 0.2) is 79.9 Å². The molecule has 3 aliphatic rings. The Hall–Kier alpha value is -4.88. The van der Waals surface area contributed by atoms with Gasteiger partial charge in [-0.3, -0.25) is 19.2 Å². The van der Waals surface area contributed by atoms with Crippen LogP contribution in [0.2, 0.25) is 0 Å². The van der Waals surface area contributed by atoms with Crippen LogP contribution in [0, 0.1) is 11.8 Å². The summed E-state index contributed by atoms with van der Waals surface area (Å²) in [6.07, 6.45) is 5.37. The number of esters is 1. The minimum atomic E-state index is -1.24. The molecule has 3 aliphatic heterocycles. The summed E-state index contributed by atoms with van der Waals surface area (Å²) in [6, 6.07) is 15.2. The maximum absolute atomic E-state index is 14.9. The first-order chi connectivity index (χ1) is 25.7. The minimum Gasteiger partial charge on any atom is -0.455 e. The molecule has 2 aromatic carbocycles. The molecular formula is C40H50N6O7. The SMILES string of the molecule is C=CCCC(=O)N(C)[C@H](C)[C@H](OC(=O)[C@@H]1[C@H]2C(=O)N(CCCCCO)[C@H](C(=O)N(CC=C)Cn3nnc4ccccc43)[C@]23CC[C@H]1O3)c1ccccc1. The number of unbranched alkanes of at least 4 members (excludes halogenated alkanes) is 2. The summed E-state index contributed by atoms with van der Waals surface area (Å²) < 4.78 is 14.7. The Labute approximate surface area is 310 Å². The van der Waals surface area contributed by atoms with Gasteiger partial charge in [0, 0.05) is 33.2 Å². The zero-order valence-electron chi connectivity index (χ0n) is 30.6. The van der Waals surface area contributed by atoms with E-state index in [9.17, 15) is 24.3 Å². The van der Waals surface area contributed by atoms with Gasteiger partial charge in [-0.1, -0.05) is 59.8 Å². The van der Waals surface area contributed by atoms with Crippen molar-refractivity contribution in [3.05, 3.63) is 85.5 Å². The molecule has 0 radical (unpaired) electrons. The molecule has 3 amide bonds. The molecule has 1 aromatic heterocycles. The molecular weight excluding hydrogens is 676 g/mol. The molecule has 0 saturated carbocycles. The quantitative estimate of drug-likeness (QED) is 0.117. The molecule has 13 heteroatoms. The van der Waals surface area contributed by atoms with Crippen LogP contribution in [0.3, 0.4) is 0 Å². The van der Waals surface area contributed by atoms with Crippen LogP contribution < -0.4 is 0 Å². The predicted molar refractivity (Wildman–Crippen MR) is 197 cm³/mol. The third-order valence-electron chi connectivity index (χ3n) is 11.1. The fourth-order valence-electron chi connectivity index (χ4n) is 8.36. The number of carbonyl (C=O) groups is 4. The van der Waals surface area contributed by atoms with Gasteiger partial charge in [0.2, 0.25) is 17.7 Å². The van der Waals surface area contributed by atoms with Crippen LogP contribution in [-0.4, -0.2) is 109 Å². The second-order valence-electron chi connectivity index (χ2n) is 14.3. The second-order valence-corrected chi connectivity index (χ2v) is 14.3. The summed E-state index contributed by atoms with van der Waals surface area (Å²) in [5.41, 5.74) is 0.917. The molecule has 0 unspecified atom stereocenters. The lowest BCUT2D eigenvalue weighted by Crippen LogP contribution is -2.56. The van der Waals surface area contributed by atoms with Gasteiger partial charge in [0.1, 0.15) is 29.9 Å². The Morgan fingerprint density at radius 2 is 1.85 bits per heavy atom. The smallest absolute Gasteiger partial charge is 0.313 e. The normalized spacial score (nSPS) is 24.1. The van der Waals surface area contributed by atoms with Crippen molar-refractivity contribution in [2.24, 2.45) is 11.8 Å². The third kappa shape index (κ3) is 7.24. The first-order valence-corrected chi connectivity index (χ1v) is 18.6. The molecule has 2 bridgehead atoms. The van der Waals surface area contributed by atoms with Crippen molar-refractivity contribution in [1.29, 1.82) is 0 Å². The molecule has 7 atom stereocenters. The minimum absolute atomic E-state index is 0.0244. The zero-order chi connectivity index (χ0) is 37.7. The highest BCUT2D eigenvalue weighted by Gasteiger charge is 2.75. The van der Waals surface area contributed by atoms with Crippen LogP contribution >= 0.6 is 0 Å².